The highest BCUT2D eigenvalue weighted by molar-refractivity contribution is 7.89. The Hall–Kier alpha value is -3.83. The summed E-state index contributed by atoms with van der Waals surface area (Å²) >= 11 is 0. The molecule has 0 radical (unpaired) electrons. The Kier molecular flexibility index (Phi) is 7.61. The first-order valence-electron chi connectivity index (χ1n) is 11.4. The predicted molar refractivity (Wildman–Crippen MR) is 138 cm³/mol. The van der Waals surface area contributed by atoms with Crippen molar-refractivity contribution in [1.29, 1.82) is 0 Å². The van der Waals surface area contributed by atoms with Crippen molar-refractivity contribution < 1.29 is 22.6 Å². The molecule has 0 aliphatic heterocycles. The Labute approximate surface area is 210 Å². The zero-order valence-electron chi connectivity index (χ0n) is 20.6. The lowest BCUT2D eigenvalue weighted by Crippen LogP contribution is -2.24. The average molecular weight is 512 g/mol. The maximum absolute atomic E-state index is 12.5. The first-order valence-corrected chi connectivity index (χ1v) is 12.9. The fourth-order valence-electron chi connectivity index (χ4n) is 3.72. The molecule has 2 aromatic heterocycles. The number of rotatable bonds is 11. The average Bonchev–Trinajstić information content (AvgIpc) is 3.31. The molecule has 0 spiro atoms. The number of nitrogens with zero attached hydrogens (tertiary/aromatic N) is 3. The molecule has 190 valence electrons. The van der Waals surface area contributed by atoms with Crippen LogP contribution in [0.25, 0.3) is 16.7 Å². The summed E-state index contributed by atoms with van der Waals surface area (Å²) in [5.74, 6) is 1.86. The Morgan fingerprint density at radius 3 is 2.28 bits per heavy atom. The Morgan fingerprint density at radius 1 is 0.972 bits per heavy atom. The van der Waals surface area contributed by atoms with Crippen molar-refractivity contribution in [3.63, 3.8) is 0 Å². The first kappa shape index (κ1) is 25.3. The summed E-state index contributed by atoms with van der Waals surface area (Å²) in [5.41, 5.74) is 2.10. The highest BCUT2D eigenvalue weighted by Crippen LogP contribution is 2.40. The van der Waals surface area contributed by atoms with Crippen molar-refractivity contribution in [2.75, 3.05) is 33.2 Å². The van der Waals surface area contributed by atoms with Crippen LogP contribution in [-0.4, -0.2) is 50.8 Å². The van der Waals surface area contributed by atoms with E-state index in [0.717, 1.165) is 23.9 Å². The molecule has 0 aliphatic rings. The lowest BCUT2D eigenvalue weighted by molar-refractivity contribution is 0.324. The molecular formula is C25H29N5O5S. The topological polar surface area (TPSA) is 117 Å². The summed E-state index contributed by atoms with van der Waals surface area (Å²) in [6.07, 6.45) is 5.29. The third kappa shape index (κ3) is 5.21. The summed E-state index contributed by atoms with van der Waals surface area (Å²) in [6.45, 7) is 2.43. The van der Waals surface area contributed by atoms with Gasteiger partial charge in [0, 0.05) is 47.8 Å². The van der Waals surface area contributed by atoms with Gasteiger partial charge in [-0.2, -0.15) is 4.98 Å². The Bertz CT molecular complexity index is 1430. The van der Waals surface area contributed by atoms with Gasteiger partial charge in [0.1, 0.15) is 5.65 Å². The van der Waals surface area contributed by atoms with Gasteiger partial charge in [-0.05, 0) is 36.8 Å². The Morgan fingerprint density at radius 2 is 1.67 bits per heavy atom. The van der Waals surface area contributed by atoms with Gasteiger partial charge in [0.2, 0.25) is 21.7 Å². The van der Waals surface area contributed by atoms with Crippen LogP contribution in [-0.2, 0) is 10.0 Å². The standard InChI is InChI=1S/C25H29N5O5S/c1-5-6-12-27-36(31,32)20-9-7-19(8-10-20)30-13-11-17-16-26-25(29-24(17)30)28-18-14-21(33-2)23(35-4)22(15-18)34-3/h7-11,13-16,27H,5-6,12H2,1-4H3,(H,26,28,29). The molecule has 2 N–H and O–H groups in total. The monoisotopic (exact) mass is 511 g/mol. The zero-order valence-corrected chi connectivity index (χ0v) is 21.4. The van der Waals surface area contributed by atoms with Gasteiger partial charge in [0.15, 0.2) is 11.5 Å². The minimum atomic E-state index is -3.54. The first-order chi connectivity index (χ1) is 17.4. The van der Waals surface area contributed by atoms with E-state index in [-0.39, 0.29) is 4.90 Å². The van der Waals surface area contributed by atoms with E-state index in [1.807, 2.05) is 23.8 Å². The summed E-state index contributed by atoms with van der Waals surface area (Å²) in [4.78, 5) is 9.31. The van der Waals surface area contributed by atoms with E-state index in [4.69, 9.17) is 14.2 Å². The fourth-order valence-corrected chi connectivity index (χ4v) is 4.80. The van der Waals surface area contributed by atoms with E-state index in [2.05, 4.69) is 20.0 Å². The van der Waals surface area contributed by atoms with E-state index >= 15 is 0 Å². The van der Waals surface area contributed by atoms with Gasteiger partial charge in [-0.25, -0.2) is 18.1 Å². The molecule has 0 fully saturated rings. The van der Waals surface area contributed by atoms with Crippen LogP contribution in [0.4, 0.5) is 11.6 Å². The minimum Gasteiger partial charge on any atom is -0.493 e. The van der Waals surface area contributed by atoms with Crippen LogP contribution in [0.2, 0.25) is 0 Å². The summed E-state index contributed by atoms with van der Waals surface area (Å²) < 4.78 is 45.7. The molecule has 0 bridgehead atoms. The van der Waals surface area contributed by atoms with E-state index in [1.54, 1.807) is 63.9 Å². The van der Waals surface area contributed by atoms with Crippen molar-refractivity contribution in [2.24, 2.45) is 0 Å². The van der Waals surface area contributed by atoms with Gasteiger partial charge in [-0.15, -0.1) is 0 Å². The number of sulfonamides is 1. The number of hydrogen-bond donors (Lipinski definition) is 2. The van der Waals surface area contributed by atoms with Crippen LogP contribution in [0, 0.1) is 0 Å². The van der Waals surface area contributed by atoms with Crippen LogP contribution in [0.15, 0.2) is 59.8 Å². The lowest BCUT2D eigenvalue weighted by Gasteiger charge is -2.14. The van der Waals surface area contributed by atoms with E-state index in [1.165, 1.54) is 0 Å². The quantitative estimate of drug-likeness (QED) is 0.287. The zero-order chi connectivity index (χ0) is 25.7. The second-order valence-electron chi connectivity index (χ2n) is 7.94. The van der Waals surface area contributed by atoms with Crippen LogP contribution < -0.4 is 24.2 Å². The van der Waals surface area contributed by atoms with Crippen LogP contribution in [0.1, 0.15) is 19.8 Å². The Balaban J connectivity index is 1.62. The summed E-state index contributed by atoms with van der Waals surface area (Å²) in [5, 5.41) is 4.02. The molecule has 11 heteroatoms. The van der Waals surface area contributed by atoms with Crippen molar-refractivity contribution in [3.05, 3.63) is 54.9 Å². The summed E-state index contributed by atoms with van der Waals surface area (Å²) in [6, 6.07) is 12.1. The van der Waals surface area contributed by atoms with Crippen molar-refractivity contribution in [3.8, 4) is 22.9 Å². The third-order valence-electron chi connectivity index (χ3n) is 5.60. The highest BCUT2D eigenvalue weighted by Gasteiger charge is 2.16. The highest BCUT2D eigenvalue weighted by atomic mass is 32.2. The molecule has 2 aromatic carbocycles. The molecule has 0 aliphatic carbocycles. The number of fused-ring (bicyclic) bond motifs is 1. The number of methoxy groups -OCH3 is 3. The molecule has 0 saturated carbocycles. The molecule has 0 amide bonds. The molecular weight excluding hydrogens is 482 g/mol. The summed E-state index contributed by atoms with van der Waals surface area (Å²) in [7, 11) is 1.10. The molecule has 0 saturated heterocycles. The van der Waals surface area contributed by atoms with Crippen molar-refractivity contribution >= 4 is 32.7 Å². The molecule has 2 heterocycles. The normalized spacial score (nSPS) is 11.4. The number of ether oxygens (including phenoxy) is 3. The second-order valence-corrected chi connectivity index (χ2v) is 9.71. The second kappa shape index (κ2) is 10.8. The number of anilines is 2. The van der Waals surface area contributed by atoms with Gasteiger partial charge in [0.05, 0.1) is 26.2 Å². The van der Waals surface area contributed by atoms with Gasteiger partial charge in [-0.3, -0.25) is 0 Å². The lowest BCUT2D eigenvalue weighted by atomic mass is 10.2. The van der Waals surface area contributed by atoms with Crippen LogP contribution in [0.3, 0.4) is 0 Å². The molecule has 0 atom stereocenters. The minimum absolute atomic E-state index is 0.221. The van der Waals surface area contributed by atoms with Gasteiger partial charge < -0.3 is 24.1 Å². The number of benzene rings is 2. The fraction of sp³-hybridized carbons (Fsp3) is 0.280. The SMILES string of the molecule is CCCCNS(=O)(=O)c1ccc(-n2ccc3cnc(Nc4cc(OC)c(OC)c(OC)c4)nc32)cc1. The van der Waals surface area contributed by atoms with Gasteiger partial charge >= 0.3 is 0 Å². The third-order valence-corrected chi connectivity index (χ3v) is 7.07. The van der Waals surface area contributed by atoms with Crippen molar-refractivity contribution in [2.45, 2.75) is 24.7 Å². The van der Waals surface area contributed by atoms with Crippen molar-refractivity contribution in [1.82, 2.24) is 19.3 Å². The molecule has 10 nitrogen and oxygen atoms in total. The largest absolute Gasteiger partial charge is 0.493 e. The molecule has 4 aromatic rings. The van der Waals surface area contributed by atoms with Crippen LogP contribution >= 0.6 is 0 Å². The maximum Gasteiger partial charge on any atom is 0.240 e. The number of nitrogens with one attached hydrogen (secondary N) is 2. The number of aromatic nitrogens is 3. The predicted octanol–water partition coefficient (Wildman–Crippen LogP) is 4.27. The van der Waals surface area contributed by atoms with Crippen LogP contribution in [0.5, 0.6) is 17.2 Å². The molecule has 0 unspecified atom stereocenters. The van der Waals surface area contributed by atoms with E-state index in [0.29, 0.717) is 41.1 Å². The van der Waals surface area contributed by atoms with Gasteiger partial charge in [-0.1, -0.05) is 13.3 Å². The van der Waals surface area contributed by atoms with Gasteiger partial charge in [0.25, 0.3) is 0 Å². The molecule has 4 rings (SSSR count). The van der Waals surface area contributed by atoms with E-state index < -0.39 is 10.0 Å². The van der Waals surface area contributed by atoms with E-state index in [9.17, 15) is 8.42 Å². The maximum atomic E-state index is 12.5. The number of unbranched alkanes of at least 4 members (excludes halogenated alkanes) is 1. The smallest absolute Gasteiger partial charge is 0.240 e. The molecule has 36 heavy (non-hydrogen) atoms. The number of hydrogen-bond acceptors (Lipinski definition) is 8.